The molecule has 1 aromatic carbocycles. The quantitative estimate of drug-likeness (QED) is 0.784. The Labute approximate surface area is 143 Å². The van der Waals surface area contributed by atoms with Gasteiger partial charge >= 0.3 is 6.01 Å². The summed E-state index contributed by atoms with van der Waals surface area (Å²) in [6, 6.07) is 5.49. The van der Waals surface area contributed by atoms with Crippen molar-refractivity contribution in [1.82, 2.24) is 14.5 Å². The third-order valence-electron chi connectivity index (χ3n) is 4.45. The van der Waals surface area contributed by atoms with Crippen molar-refractivity contribution in [3.8, 4) is 0 Å². The molecule has 0 bridgehead atoms. The van der Waals surface area contributed by atoms with Crippen molar-refractivity contribution in [2.24, 2.45) is 0 Å². The van der Waals surface area contributed by atoms with Crippen LogP contribution in [0.5, 0.6) is 0 Å². The van der Waals surface area contributed by atoms with E-state index in [0.29, 0.717) is 22.6 Å². The number of amides is 1. The van der Waals surface area contributed by atoms with E-state index in [1.54, 1.807) is 9.47 Å². The Kier molecular flexibility index (Phi) is 3.34. The van der Waals surface area contributed by atoms with E-state index in [4.69, 9.17) is 4.42 Å². The molecule has 3 aromatic rings. The number of hydrogen-bond acceptors (Lipinski definition) is 6. The molecule has 25 heavy (non-hydrogen) atoms. The summed E-state index contributed by atoms with van der Waals surface area (Å²) in [6.07, 6.45) is 1.50. The number of benzene rings is 1. The van der Waals surface area contributed by atoms with Gasteiger partial charge in [-0.3, -0.25) is 14.9 Å². The monoisotopic (exact) mass is 339 g/mol. The first-order chi connectivity index (χ1) is 11.9. The van der Waals surface area contributed by atoms with Crippen LogP contribution in [0.4, 0.5) is 11.8 Å². The molecule has 8 nitrogen and oxygen atoms in total. The Balaban J connectivity index is 1.53. The highest BCUT2D eigenvalue weighted by molar-refractivity contribution is 6.08. The van der Waals surface area contributed by atoms with E-state index in [9.17, 15) is 9.59 Å². The molecule has 4 rings (SSSR count). The van der Waals surface area contributed by atoms with Gasteiger partial charge in [-0.15, -0.1) is 0 Å². The number of carbonyl (C=O) groups is 2. The van der Waals surface area contributed by atoms with E-state index in [1.165, 1.54) is 6.33 Å². The molecule has 0 spiro atoms. The van der Waals surface area contributed by atoms with Gasteiger partial charge in [-0.2, -0.15) is 4.98 Å². The lowest BCUT2D eigenvalue weighted by Crippen LogP contribution is -2.29. The maximum absolute atomic E-state index is 12.3. The van der Waals surface area contributed by atoms with Gasteiger partial charge in [0.2, 0.25) is 11.7 Å². The first kappa shape index (κ1) is 15.4. The van der Waals surface area contributed by atoms with E-state index in [1.807, 2.05) is 39.1 Å². The number of fused-ring (bicyclic) bond motifs is 2. The summed E-state index contributed by atoms with van der Waals surface area (Å²) >= 11 is 0. The second-order valence-corrected chi connectivity index (χ2v) is 6.23. The fraction of sp³-hybridized carbons (Fsp3) is 0.294. The van der Waals surface area contributed by atoms with Crippen LogP contribution in [0.1, 0.15) is 23.0 Å². The molecule has 0 aliphatic carbocycles. The Hall–Kier alpha value is -3.16. The fourth-order valence-corrected chi connectivity index (χ4v) is 2.96. The number of anilines is 2. The van der Waals surface area contributed by atoms with E-state index in [2.05, 4.69) is 15.3 Å². The number of rotatable bonds is 3. The molecule has 1 aliphatic rings. The molecule has 3 heterocycles. The Morgan fingerprint density at radius 1 is 1.40 bits per heavy atom. The van der Waals surface area contributed by atoms with Crippen LogP contribution in [0.15, 0.2) is 28.9 Å². The van der Waals surface area contributed by atoms with Gasteiger partial charge in [-0.1, -0.05) is 6.07 Å². The second-order valence-electron chi connectivity index (χ2n) is 6.23. The number of Topliss-reactive ketones (excluding diaryl/α,β-unsaturated/α-hetero) is 1. The van der Waals surface area contributed by atoms with Crippen LogP contribution < -0.4 is 10.2 Å². The number of ketones is 1. The fourth-order valence-electron chi connectivity index (χ4n) is 2.96. The van der Waals surface area contributed by atoms with Crippen LogP contribution in [0.2, 0.25) is 0 Å². The van der Waals surface area contributed by atoms with E-state index in [0.717, 1.165) is 5.56 Å². The smallest absolute Gasteiger partial charge is 0.302 e. The van der Waals surface area contributed by atoms with Crippen LogP contribution in [0.25, 0.3) is 11.1 Å². The number of nitrogens with one attached hydrogen (secondary N) is 1. The van der Waals surface area contributed by atoms with Crippen molar-refractivity contribution in [1.29, 1.82) is 0 Å². The van der Waals surface area contributed by atoms with Gasteiger partial charge < -0.3 is 13.9 Å². The molecule has 1 unspecified atom stereocenters. The highest BCUT2D eigenvalue weighted by Gasteiger charge is 2.36. The number of likely N-dealkylation sites (N-methyl/N-ethyl adjacent to an activating group) is 1. The number of aryl methyl sites for hydroxylation is 1. The largest absolute Gasteiger partial charge is 0.423 e. The van der Waals surface area contributed by atoms with Crippen LogP contribution in [-0.4, -0.2) is 39.3 Å². The van der Waals surface area contributed by atoms with Crippen LogP contribution in [-0.2, 0) is 11.3 Å². The molecule has 0 saturated heterocycles. The Bertz CT molecular complexity index is 1000. The number of oxazole rings is 1. The summed E-state index contributed by atoms with van der Waals surface area (Å²) in [5, 5.41) is 2.63. The molecule has 0 saturated carbocycles. The number of imidazole rings is 1. The van der Waals surface area contributed by atoms with Gasteiger partial charge in [0.05, 0.1) is 12.4 Å². The van der Waals surface area contributed by atoms with Gasteiger partial charge in [-0.05, 0) is 31.5 Å². The van der Waals surface area contributed by atoms with E-state index >= 15 is 0 Å². The molecule has 0 fully saturated rings. The molecule has 1 N–H and O–H groups in total. The summed E-state index contributed by atoms with van der Waals surface area (Å²) in [6.45, 7) is 3.73. The number of hydrogen-bond donors (Lipinski definition) is 1. The maximum Gasteiger partial charge on any atom is 0.302 e. The first-order valence-corrected chi connectivity index (χ1v) is 7.93. The summed E-state index contributed by atoms with van der Waals surface area (Å²) in [7, 11) is 1.81. The van der Waals surface area contributed by atoms with Crippen molar-refractivity contribution in [2.45, 2.75) is 26.4 Å². The van der Waals surface area contributed by atoms with Gasteiger partial charge in [0, 0.05) is 7.05 Å². The molecular weight excluding hydrogens is 322 g/mol. The van der Waals surface area contributed by atoms with Crippen LogP contribution in [0.3, 0.4) is 0 Å². The zero-order valence-corrected chi connectivity index (χ0v) is 14.1. The predicted octanol–water partition coefficient (Wildman–Crippen LogP) is 1.99. The van der Waals surface area contributed by atoms with Crippen molar-refractivity contribution >= 4 is 34.6 Å². The molecule has 1 amide bonds. The zero-order valence-electron chi connectivity index (χ0n) is 14.1. The molecular formula is C17H17N5O3. The number of carbonyl (C=O) groups excluding carboxylic acids is 2. The zero-order chi connectivity index (χ0) is 17.7. The third kappa shape index (κ3) is 2.46. The molecule has 1 atom stereocenters. The van der Waals surface area contributed by atoms with Gasteiger partial charge in [0.1, 0.15) is 17.8 Å². The van der Waals surface area contributed by atoms with Gasteiger partial charge in [0.25, 0.3) is 0 Å². The Morgan fingerprint density at radius 2 is 2.20 bits per heavy atom. The van der Waals surface area contributed by atoms with Crippen molar-refractivity contribution in [3.05, 3.63) is 35.8 Å². The minimum Gasteiger partial charge on any atom is -0.423 e. The predicted molar refractivity (Wildman–Crippen MR) is 91.8 cm³/mol. The van der Waals surface area contributed by atoms with Crippen molar-refractivity contribution in [2.75, 3.05) is 17.3 Å². The summed E-state index contributed by atoms with van der Waals surface area (Å²) in [4.78, 5) is 34.9. The highest BCUT2D eigenvalue weighted by atomic mass is 16.4. The lowest BCUT2D eigenvalue weighted by Gasteiger charge is -2.14. The summed E-state index contributed by atoms with van der Waals surface area (Å²) < 4.78 is 7.10. The molecule has 8 heteroatoms. The maximum atomic E-state index is 12.3. The number of aromatic nitrogens is 3. The standard InChI is InChI=1S/C17H17N5O3/c1-9-4-5-11-12(6-9)25-17(19-11)20-13(23)7-22-8-18-16-14(22)15(24)10(2)21(16)3/h4-6,8,10H,7H2,1-3H3,(H,19,20,23). The van der Waals surface area contributed by atoms with E-state index in [-0.39, 0.29) is 30.3 Å². The molecule has 2 aromatic heterocycles. The molecule has 1 aliphatic heterocycles. The number of nitrogens with zero attached hydrogens (tertiary/aromatic N) is 4. The second kappa shape index (κ2) is 5.44. The average molecular weight is 339 g/mol. The minimum absolute atomic E-state index is 0.0353. The highest BCUT2D eigenvalue weighted by Crippen LogP contribution is 2.29. The lowest BCUT2D eigenvalue weighted by molar-refractivity contribution is -0.116. The van der Waals surface area contributed by atoms with E-state index < -0.39 is 0 Å². The normalized spacial score (nSPS) is 16.5. The average Bonchev–Trinajstić information content (AvgIpc) is 3.20. The topological polar surface area (TPSA) is 93.3 Å². The van der Waals surface area contributed by atoms with Crippen LogP contribution >= 0.6 is 0 Å². The Morgan fingerprint density at radius 3 is 3.00 bits per heavy atom. The van der Waals surface area contributed by atoms with Crippen molar-refractivity contribution < 1.29 is 14.0 Å². The van der Waals surface area contributed by atoms with Gasteiger partial charge in [0.15, 0.2) is 11.4 Å². The first-order valence-electron chi connectivity index (χ1n) is 7.93. The lowest BCUT2D eigenvalue weighted by atomic mass is 10.2. The third-order valence-corrected chi connectivity index (χ3v) is 4.45. The molecule has 128 valence electrons. The van der Waals surface area contributed by atoms with Crippen molar-refractivity contribution in [3.63, 3.8) is 0 Å². The van der Waals surface area contributed by atoms with Crippen LogP contribution in [0, 0.1) is 6.92 Å². The SMILES string of the molecule is Cc1ccc2nc(NC(=O)Cn3cnc4c3C(=O)C(C)N4C)oc2c1. The molecule has 0 radical (unpaired) electrons. The minimum atomic E-state index is -0.335. The summed E-state index contributed by atoms with van der Waals surface area (Å²) in [5.74, 6) is 0.223. The summed E-state index contributed by atoms with van der Waals surface area (Å²) in [5.41, 5.74) is 2.80. The van der Waals surface area contributed by atoms with Gasteiger partial charge in [-0.25, -0.2) is 4.98 Å².